The minimum absolute atomic E-state index is 0.308. The zero-order valence-corrected chi connectivity index (χ0v) is 18.1. The molecule has 2 heterocycles. The Kier molecular flexibility index (Phi) is 5.94. The molecule has 1 aromatic carbocycles. The number of halogens is 2. The molecule has 8 nitrogen and oxygen atoms in total. The first-order chi connectivity index (χ1) is 14.7. The van der Waals surface area contributed by atoms with Crippen LogP contribution in [0.25, 0.3) is 10.2 Å². The highest BCUT2D eigenvalue weighted by molar-refractivity contribution is 7.23. The van der Waals surface area contributed by atoms with Crippen LogP contribution in [0.4, 0.5) is 0 Å². The molecular formula is C20H17Cl2N3O5S. The maximum Gasteiger partial charge on any atom is 0.333 e. The number of carboxylic acid groups (broad SMARTS) is 1. The van der Waals surface area contributed by atoms with E-state index >= 15 is 0 Å². The first-order valence-corrected chi connectivity index (χ1v) is 10.9. The molecule has 0 saturated carbocycles. The summed E-state index contributed by atoms with van der Waals surface area (Å²) in [6.45, 7) is 0. The highest BCUT2D eigenvalue weighted by atomic mass is 35.5. The number of benzene rings is 1. The van der Waals surface area contributed by atoms with Gasteiger partial charge < -0.3 is 25.8 Å². The molecule has 162 valence electrons. The number of carbonyl (C=O) groups is 3. The van der Waals surface area contributed by atoms with Crippen LogP contribution in [0.3, 0.4) is 0 Å². The lowest BCUT2D eigenvalue weighted by atomic mass is 10.1. The van der Waals surface area contributed by atoms with Gasteiger partial charge in [0.05, 0.1) is 33.7 Å². The van der Waals surface area contributed by atoms with Gasteiger partial charge in [0.2, 0.25) is 5.91 Å². The third-order valence-electron chi connectivity index (χ3n) is 5.15. The number of fused-ring (bicyclic) bond motifs is 2. The average molecular weight is 482 g/mol. The fourth-order valence-electron chi connectivity index (χ4n) is 3.69. The van der Waals surface area contributed by atoms with Crippen LogP contribution < -0.4 is 10.6 Å². The Labute approximate surface area is 190 Å². The molecule has 1 aliphatic rings. The number of aliphatic carboxylic acids is 1. The summed E-state index contributed by atoms with van der Waals surface area (Å²) in [6, 6.07) is 8.05. The normalized spacial score (nSPS) is 18.5. The topological polar surface area (TPSA) is 132 Å². The monoisotopic (exact) mass is 481 g/mol. The van der Waals surface area contributed by atoms with Gasteiger partial charge in [0.25, 0.3) is 5.91 Å². The standard InChI is InChI=1S/C20H17Cl2N3O5S/c21-15-17-13(31-18(15)22)6-11(23-17)19(28)24-10-5-8-3-1-2-4-9(8)16(10)25-14(27)7-12(26)20(29)30/h1-4,6,10,12,16,23,26H,5,7H2,(H,24,28)(H,25,27)(H,29,30)/t10-,12-,16+/m1/s1. The van der Waals surface area contributed by atoms with E-state index in [1.165, 1.54) is 11.3 Å². The average Bonchev–Trinajstić information content (AvgIpc) is 3.36. The molecule has 3 atom stereocenters. The molecule has 0 aliphatic heterocycles. The molecular weight excluding hydrogens is 465 g/mol. The minimum atomic E-state index is -1.80. The van der Waals surface area contributed by atoms with Gasteiger partial charge >= 0.3 is 5.97 Å². The predicted octanol–water partition coefficient (Wildman–Crippen LogP) is 2.88. The third kappa shape index (κ3) is 4.27. The van der Waals surface area contributed by atoms with Gasteiger partial charge in [-0.2, -0.15) is 0 Å². The summed E-state index contributed by atoms with van der Waals surface area (Å²) in [5.74, 6) is -2.48. The zero-order valence-electron chi connectivity index (χ0n) is 15.8. The second-order valence-corrected chi connectivity index (χ2v) is 9.23. The first-order valence-electron chi connectivity index (χ1n) is 9.30. The van der Waals surface area contributed by atoms with Gasteiger partial charge in [-0.05, 0) is 23.6 Å². The van der Waals surface area contributed by atoms with Crippen molar-refractivity contribution in [2.75, 3.05) is 0 Å². The molecule has 0 spiro atoms. The van der Waals surface area contributed by atoms with E-state index < -0.39 is 36.5 Å². The number of carboxylic acids is 1. The number of carbonyl (C=O) groups excluding carboxylic acids is 2. The van der Waals surface area contributed by atoms with Crippen molar-refractivity contribution in [1.82, 2.24) is 15.6 Å². The van der Waals surface area contributed by atoms with Crippen LogP contribution in [0.5, 0.6) is 0 Å². The highest BCUT2D eigenvalue weighted by Crippen LogP contribution is 2.39. The van der Waals surface area contributed by atoms with E-state index in [1.54, 1.807) is 6.07 Å². The van der Waals surface area contributed by atoms with Crippen molar-refractivity contribution < 1.29 is 24.6 Å². The van der Waals surface area contributed by atoms with Gasteiger partial charge in [-0.3, -0.25) is 9.59 Å². The number of aliphatic hydroxyl groups excluding tert-OH is 1. The second kappa shape index (κ2) is 8.51. The number of amides is 2. The number of hydrogen-bond acceptors (Lipinski definition) is 5. The Balaban J connectivity index is 1.53. The van der Waals surface area contributed by atoms with Crippen LogP contribution >= 0.6 is 34.5 Å². The Morgan fingerprint density at radius 3 is 2.68 bits per heavy atom. The largest absolute Gasteiger partial charge is 0.479 e. The number of aromatic amines is 1. The number of H-pyrrole nitrogens is 1. The van der Waals surface area contributed by atoms with Crippen LogP contribution in [0.1, 0.15) is 34.1 Å². The van der Waals surface area contributed by atoms with E-state index in [4.69, 9.17) is 28.3 Å². The Morgan fingerprint density at radius 1 is 1.23 bits per heavy atom. The third-order valence-corrected chi connectivity index (χ3v) is 7.08. The number of aromatic nitrogens is 1. The smallest absolute Gasteiger partial charge is 0.333 e. The molecule has 5 N–H and O–H groups in total. The summed E-state index contributed by atoms with van der Waals surface area (Å²) in [4.78, 5) is 39.0. The van der Waals surface area contributed by atoms with Crippen LogP contribution in [0.2, 0.25) is 9.36 Å². The fraction of sp³-hybridized carbons (Fsp3) is 0.250. The molecule has 1 aliphatic carbocycles. The van der Waals surface area contributed by atoms with Crippen molar-refractivity contribution in [2.24, 2.45) is 0 Å². The summed E-state index contributed by atoms with van der Waals surface area (Å²) in [7, 11) is 0. The quantitative estimate of drug-likeness (QED) is 0.369. The van der Waals surface area contributed by atoms with E-state index in [0.717, 1.165) is 15.8 Å². The Bertz CT molecular complexity index is 1190. The Hall–Kier alpha value is -2.59. The van der Waals surface area contributed by atoms with Gasteiger partial charge in [-0.25, -0.2) is 4.79 Å². The number of aliphatic hydroxyl groups is 1. The zero-order chi connectivity index (χ0) is 22.3. The van der Waals surface area contributed by atoms with Gasteiger partial charge in [-0.1, -0.05) is 47.5 Å². The Morgan fingerprint density at radius 2 is 1.97 bits per heavy atom. The SMILES string of the molecule is O=C(C[C@@H](O)C(=O)O)N[C@H]1c2ccccc2C[C@H]1NC(=O)c1cc2sc(Cl)c(Cl)c2[nH]1. The van der Waals surface area contributed by atoms with E-state index in [1.807, 2.05) is 24.3 Å². The van der Waals surface area contributed by atoms with Gasteiger partial charge in [0.1, 0.15) is 10.0 Å². The summed E-state index contributed by atoms with van der Waals surface area (Å²) >= 11 is 13.4. The van der Waals surface area contributed by atoms with E-state index in [9.17, 15) is 19.5 Å². The van der Waals surface area contributed by atoms with Gasteiger partial charge in [-0.15, -0.1) is 11.3 Å². The van der Waals surface area contributed by atoms with Crippen LogP contribution in [-0.2, 0) is 16.0 Å². The second-order valence-electron chi connectivity index (χ2n) is 7.20. The number of nitrogens with one attached hydrogen (secondary N) is 3. The van der Waals surface area contributed by atoms with Crippen molar-refractivity contribution in [3.63, 3.8) is 0 Å². The van der Waals surface area contributed by atoms with Gasteiger partial charge in [0.15, 0.2) is 6.10 Å². The molecule has 0 bridgehead atoms. The number of thiophene rings is 1. The highest BCUT2D eigenvalue weighted by Gasteiger charge is 2.35. The molecule has 0 saturated heterocycles. The predicted molar refractivity (Wildman–Crippen MR) is 117 cm³/mol. The lowest BCUT2D eigenvalue weighted by molar-refractivity contribution is -0.149. The van der Waals surface area contributed by atoms with Crippen molar-refractivity contribution in [3.05, 3.63) is 56.5 Å². The molecule has 2 amide bonds. The van der Waals surface area contributed by atoms with E-state index in [-0.39, 0.29) is 5.91 Å². The molecule has 11 heteroatoms. The maximum atomic E-state index is 12.9. The van der Waals surface area contributed by atoms with E-state index in [2.05, 4.69) is 15.6 Å². The summed E-state index contributed by atoms with van der Waals surface area (Å²) in [5, 5.41) is 24.3. The van der Waals surface area contributed by atoms with E-state index in [0.29, 0.717) is 27.0 Å². The van der Waals surface area contributed by atoms with Gasteiger partial charge in [0, 0.05) is 0 Å². The maximum absolute atomic E-state index is 12.9. The molecule has 0 unspecified atom stereocenters. The lowest BCUT2D eigenvalue weighted by Crippen LogP contribution is -2.45. The minimum Gasteiger partial charge on any atom is -0.479 e. The van der Waals surface area contributed by atoms with Crippen LogP contribution in [0.15, 0.2) is 30.3 Å². The first kappa shape index (κ1) is 21.6. The van der Waals surface area contributed by atoms with Crippen molar-refractivity contribution in [1.29, 1.82) is 0 Å². The fourth-order valence-corrected chi connectivity index (χ4v) is 5.17. The van der Waals surface area contributed by atoms with Crippen LogP contribution in [0, 0.1) is 0 Å². The molecule has 4 rings (SSSR count). The summed E-state index contributed by atoms with van der Waals surface area (Å²) in [5.41, 5.74) is 2.68. The number of hydrogen-bond donors (Lipinski definition) is 5. The van der Waals surface area contributed by atoms with Crippen molar-refractivity contribution in [2.45, 2.75) is 31.0 Å². The molecule has 0 radical (unpaired) electrons. The van der Waals surface area contributed by atoms with Crippen molar-refractivity contribution >= 4 is 62.5 Å². The summed E-state index contributed by atoms with van der Waals surface area (Å²) < 4.78 is 1.19. The molecule has 31 heavy (non-hydrogen) atoms. The summed E-state index contributed by atoms with van der Waals surface area (Å²) in [6.07, 6.45) is -1.90. The van der Waals surface area contributed by atoms with Crippen molar-refractivity contribution in [3.8, 4) is 0 Å². The molecule has 2 aromatic heterocycles. The van der Waals surface area contributed by atoms with Crippen LogP contribution in [-0.4, -0.2) is 45.1 Å². The molecule has 0 fully saturated rings. The lowest BCUT2D eigenvalue weighted by Gasteiger charge is -2.23. The molecule has 3 aromatic rings. The number of rotatable bonds is 6.